The van der Waals surface area contributed by atoms with E-state index in [1.165, 1.54) is 31.2 Å². The number of amides is 1. The molecule has 1 aliphatic carbocycles. The average molecular weight is 383 g/mol. The van der Waals surface area contributed by atoms with Crippen LogP contribution in [0.25, 0.3) is 0 Å². The number of carbonyl (C=O) groups excluding carboxylic acids is 1. The highest BCUT2D eigenvalue weighted by atomic mass is 32.1. The molecule has 1 aromatic heterocycles. The first-order valence-corrected chi connectivity index (χ1v) is 11.2. The Labute approximate surface area is 166 Å². The summed E-state index contributed by atoms with van der Waals surface area (Å²) in [6, 6.07) is 6.21. The van der Waals surface area contributed by atoms with E-state index in [1.807, 2.05) is 17.4 Å². The lowest BCUT2D eigenvalue weighted by molar-refractivity contribution is -0.121. The molecule has 1 saturated heterocycles. The number of aryl methyl sites for hydroxylation is 3. The summed E-state index contributed by atoms with van der Waals surface area (Å²) in [6.07, 6.45) is 7.17. The van der Waals surface area contributed by atoms with Gasteiger partial charge in [0, 0.05) is 23.0 Å². The number of hydrogen-bond donors (Lipinski definition) is 1. The zero-order valence-corrected chi connectivity index (χ0v) is 17.3. The van der Waals surface area contributed by atoms with Crippen molar-refractivity contribution in [3.05, 3.63) is 50.7 Å². The molecule has 2 heterocycles. The highest BCUT2D eigenvalue weighted by molar-refractivity contribution is 7.10. The first kappa shape index (κ1) is 18.7. The fourth-order valence-electron chi connectivity index (χ4n) is 4.48. The minimum absolute atomic E-state index is 0.137. The van der Waals surface area contributed by atoms with Gasteiger partial charge in [0.05, 0.1) is 0 Å². The standard InChI is InChI=1S/C23H30N2OS/c1-16-7-8-21(17(2)13-16)24-23(26)18-9-11-25(12-10-18)14-19-15-27-22-6-4-3-5-20(19)22/h7-8,13,15,18H,3-6,9-12,14H2,1-2H3,(H,24,26). The second-order valence-electron chi connectivity index (χ2n) is 8.23. The summed E-state index contributed by atoms with van der Waals surface area (Å²) in [5.41, 5.74) is 6.52. The summed E-state index contributed by atoms with van der Waals surface area (Å²) in [4.78, 5) is 16.9. The van der Waals surface area contributed by atoms with Crippen LogP contribution in [0.5, 0.6) is 0 Å². The van der Waals surface area contributed by atoms with Gasteiger partial charge in [-0.1, -0.05) is 17.7 Å². The molecule has 1 N–H and O–H groups in total. The highest BCUT2D eigenvalue weighted by Gasteiger charge is 2.26. The van der Waals surface area contributed by atoms with E-state index >= 15 is 0 Å². The second kappa shape index (κ2) is 8.15. The number of thiophene rings is 1. The Bertz CT molecular complexity index is 818. The van der Waals surface area contributed by atoms with Crippen LogP contribution in [-0.4, -0.2) is 23.9 Å². The lowest BCUT2D eigenvalue weighted by atomic mass is 9.93. The number of nitrogens with one attached hydrogen (secondary N) is 1. The van der Waals surface area contributed by atoms with Crippen LogP contribution >= 0.6 is 11.3 Å². The average Bonchev–Trinajstić information content (AvgIpc) is 3.08. The van der Waals surface area contributed by atoms with Gasteiger partial charge in [-0.3, -0.25) is 9.69 Å². The van der Waals surface area contributed by atoms with Crippen molar-refractivity contribution in [3.63, 3.8) is 0 Å². The lowest BCUT2D eigenvalue weighted by Crippen LogP contribution is -2.38. The third-order valence-electron chi connectivity index (χ3n) is 6.14. The number of anilines is 1. The summed E-state index contributed by atoms with van der Waals surface area (Å²) < 4.78 is 0. The lowest BCUT2D eigenvalue weighted by Gasteiger charge is -2.31. The fraction of sp³-hybridized carbons (Fsp3) is 0.522. The van der Waals surface area contributed by atoms with E-state index < -0.39 is 0 Å². The number of hydrogen-bond acceptors (Lipinski definition) is 3. The molecule has 4 rings (SSSR count). The van der Waals surface area contributed by atoms with Crippen LogP contribution in [0.1, 0.15) is 52.8 Å². The van der Waals surface area contributed by atoms with Gasteiger partial charge in [-0.2, -0.15) is 0 Å². The molecule has 2 aromatic rings. The maximum Gasteiger partial charge on any atom is 0.227 e. The minimum atomic E-state index is 0.137. The molecule has 0 atom stereocenters. The van der Waals surface area contributed by atoms with Gasteiger partial charge >= 0.3 is 0 Å². The van der Waals surface area contributed by atoms with Crippen LogP contribution in [0.15, 0.2) is 23.6 Å². The molecule has 0 bridgehead atoms. The van der Waals surface area contributed by atoms with E-state index in [0.29, 0.717) is 0 Å². The van der Waals surface area contributed by atoms with Gasteiger partial charge in [-0.25, -0.2) is 0 Å². The van der Waals surface area contributed by atoms with Gasteiger partial charge in [-0.15, -0.1) is 11.3 Å². The highest BCUT2D eigenvalue weighted by Crippen LogP contribution is 2.32. The van der Waals surface area contributed by atoms with Gasteiger partial charge in [0.2, 0.25) is 5.91 Å². The quantitative estimate of drug-likeness (QED) is 0.798. The van der Waals surface area contributed by atoms with Gasteiger partial charge in [0.15, 0.2) is 0 Å². The topological polar surface area (TPSA) is 32.3 Å². The number of nitrogens with zero attached hydrogens (tertiary/aromatic N) is 1. The Hall–Kier alpha value is -1.65. The van der Waals surface area contributed by atoms with Crippen LogP contribution in [0.4, 0.5) is 5.69 Å². The predicted octanol–water partition coefficient (Wildman–Crippen LogP) is 5.09. The molecule has 3 nitrogen and oxygen atoms in total. The number of fused-ring (bicyclic) bond motifs is 1. The molecule has 1 fully saturated rings. The van der Waals surface area contributed by atoms with Crippen molar-refractivity contribution >= 4 is 22.9 Å². The Morgan fingerprint density at radius 2 is 1.96 bits per heavy atom. The molecule has 1 aromatic carbocycles. The molecule has 1 aliphatic heterocycles. The first-order valence-electron chi connectivity index (χ1n) is 10.3. The molecule has 1 amide bonds. The zero-order chi connectivity index (χ0) is 18.8. The molecule has 144 valence electrons. The van der Waals surface area contributed by atoms with Crippen molar-refractivity contribution in [1.29, 1.82) is 0 Å². The van der Waals surface area contributed by atoms with Crippen LogP contribution < -0.4 is 5.32 Å². The number of benzene rings is 1. The van der Waals surface area contributed by atoms with Gasteiger partial charge in [0.25, 0.3) is 0 Å². The minimum Gasteiger partial charge on any atom is -0.326 e. The number of carbonyl (C=O) groups is 1. The Morgan fingerprint density at radius 3 is 2.74 bits per heavy atom. The molecular weight excluding hydrogens is 352 g/mol. The third kappa shape index (κ3) is 4.27. The summed E-state index contributed by atoms with van der Waals surface area (Å²) >= 11 is 1.96. The number of piperidine rings is 1. The smallest absolute Gasteiger partial charge is 0.227 e. The molecular formula is C23H30N2OS. The van der Waals surface area contributed by atoms with E-state index in [4.69, 9.17) is 0 Å². The van der Waals surface area contributed by atoms with Crippen molar-refractivity contribution < 1.29 is 4.79 Å². The third-order valence-corrected chi connectivity index (χ3v) is 7.28. The largest absolute Gasteiger partial charge is 0.326 e. The summed E-state index contributed by atoms with van der Waals surface area (Å²) in [5.74, 6) is 0.327. The maximum absolute atomic E-state index is 12.7. The first-order chi connectivity index (χ1) is 13.1. The monoisotopic (exact) mass is 382 g/mol. The van der Waals surface area contributed by atoms with Crippen molar-refractivity contribution in [3.8, 4) is 0 Å². The molecule has 27 heavy (non-hydrogen) atoms. The normalized spacial score (nSPS) is 18.3. The molecule has 0 saturated carbocycles. The van der Waals surface area contributed by atoms with E-state index in [2.05, 4.69) is 41.6 Å². The summed E-state index contributed by atoms with van der Waals surface area (Å²) in [5, 5.41) is 5.54. The van der Waals surface area contributed by atoms with E-state index in [-0.39, 0.29) is 11.8 Å². The maximum atomic E-state index is 12.7. The summed E-state index contributed by atoms with van der Waals surface area (Å²) in [7, 11) is 0. The van der Waals surface area contributed by atoms with Crippen LogP contribution in [-0.2, 0) is 24.2 Å². The SMILES string of the molecule is Cc1ccc(NC(=O)C2CCN(Cc3csc4c3CCCC4)CC2)c(C)c1. The van der Waals surface area contributed by atoms with Gasteiger partial charge in [0.1, 0.15) is 0 Å². The Balaban J connectivity index is 1.31. The van der Waals surface area contributed by atoms with E-state index in [1.54, 1.807) is 16.0 Å². The van der Waals surface area contributed by atoms with Gasteiger partial charge < -0.3 is 5.32 Å². The predicted molar refractivity (Wildman–Crippen MR) is 114 cm³/mol. The molecule has 0 radical (unpaired) electrons. The summed E-state index contributed by atoms with van der Waals surface area (Å²) in [6.45, 7) is 7.26. The van der Waals surface area contributed by atoms with Crippen LogP contribution in [0.3, 0.4) is 0 Å². The molecule has 0 unspecified atom stereocenters. The van der Waals surface area contributed by atoms with Crippen molar-refractivity contribution in [2.45, 2.75) is 58.9 Å². The fourth-order valence-corrected chi connectivity index (χ4v) is 5.62. The van der Waals surface area contributed by atoms with Crippen LogP contribution in [0.2, 0.25) is 0 Å². The van der Waals surface area contributed by atoms with Crippen molar-refractivity contribution in [1.82, 2.24) is 4.90 Å². The second-order valence-corrected chi connectivity index (χ2v) is 9.19. The number of likely N-dealkylation sites (tertiary alicyclic amines) is 1. The van der Waals surface area contributed by atoms with Crippen molar-refractivity contribution in [2.75, 3.05) is 18.4 Å². The van der Waals surface area contributed by atoms with Gasteiger partial charge in [-0.05, 0) is 93.6 Å². The molecule has 0 spiro atoms. The van der Waals surface area contributed by atoms with Crippen LogP contribution in [0, 0.1) is 19.8 Å². The molecule has 4 heteroatoms. The zero-order valence-electron chi connectivity index (χ0n) is 16.5. The number of rotatable bonds is 4. The Morgan fingerprint density at radius 1 is 1.19 bits per heavy atom. The van der Waals surface area contributed by atoms with E-state index in [0.717, 1.165) is 43.7 Å². The molecule has 2 aliphatic rings. The van der Waals surface area contributed by atoms with E-state index in [9.17, 15) is 4.79 Å². The Kier molecular flexibility index (Phi) is 5.65. The van der Waals surface area contributed by atoms with Crippen molar-refractivity contribution in [2.24, 2.45) is 5.92 Å².